The predicted molar refractivity (Wildman–Crippen MR) is 77.8 cm³/mol. The molecule has 0 aliphatic heterocycles. The predicted octanol–water partition coefficient (Wildman–Crippen LogP) is 3.64. The molecule has 0 saturated carbocycles. The minimum absolute atomic E-state index is 0.951. The van der Waals surface area contributed by atoms with Crippen LogP contribution in [0.3, 0.4) is 0 Å². The molecule has 2 aromatic carbocycles. The molecule has 0 saturated heterocycles. The van der Waals surface area contributed by atoms with Crippen LogP contribution >= 0.6 is 0 Å². The van der Waals surface area contributed by atoms with Gasteiger partial charge in [-0.15, -0.1) is 0 Å². The van der Waals surface area contributed by atoms with Gasteiger partial charge in [-0.3, -0.25) is 0 Å². The maximum Gasteiger partial charge on any atom is 0.0205 e. The molecule has 1 heteroatoms. The molecule has 1 N–H and O–H groups in total. The number of rotatable bonds is 5. The van der Waals surface area contributed by atoms with Gasteiger partial charge in [0, 0.05) is 6.54 Å². The highest BCUT2D eigenvalue weighted by molar-refractivity contribution is 5.22. The van der Waals surface area contributed by atoms with E-state index in [1.165, 1.54) is 22.3 Å². The highest BCUT2D eigenvalue weighted by atomic mass is 14.8. The Morgan fingerprint density at radius 3 is 1.78 bits per heavy atom. The van der Waals surface area contributed by atoms with Gasteiger partial charge in [0.15, 0.2) is 0 Å². The van der Waals surface area contributed by atoms with Gasteiger partial charge >= 0.3 is 0 Å². The van der Waals surface area contributed by atoms with Gasteiger partial charge < -0.3 is 5.32 Å². The van der Waals surface area contributed by atoms with Crippen molar-refractivity contribution in [3.63, 3.8) is 0 Å². The molecular formula is C17H21N. The Bertz CT molecular complexity index is 420. The summed E-state index contributed by atoms with van der Waals surface area (Å²) in [4.78, 5) is 0. The Kier molecular flexibility index (Phi) is 4.54. The van der Waals surface area contributed by atoms with Gasteiger partial charge in [0.2, 0.25) is 0 Å². The summed E-state index contributed by atoms with van der Waals surface area (Å²) >= 11 is 0. The van der Waals surface area contributed by atoms with Crippen LogP contribution in [0.1, 0.15) is 22.3 Å². The third-order valence-corrected chi connectivity index (χ3v) is 3.16. The number of nitrogens with one attached hydrogen (secondary N) is 1. The second-order valence-electron chi connectivity index (χ2n) is 4.90. The second kappa shape index (κ2) is 6.36. The van der Waals surface area contributed by atoms with E-state index in [0.717, 1.165) is 19.5 Å². The van der Waals surface area contributed by atoms with E-state index in [9.17, 15) is 0 Å². The standard InChI is InChI=1S/C17H21N/c1-14-3-7-16(8-4-14)11-12-18-13-17-9-5-15(2)6-10-17/h3-10,18H,11-13H2,1-2H3. The van der Waals surface area contributed by atoms with Crippen LogP contribution in [0.2, 0.25) is 0 Å². The largest absolute Gasteiger partial charge is 0.312 e. The fourth-order valence-electron chi connectivity index (χ4n) is 1.93. The van der Waals surface area contributed by atoms with Crippen molar-refractivity contribution in [3.8, 4) is 0 Å². The second-order valence-corrected chi connectivity index (χ2v) is 4.90. The lowest BCUT2D eigenvalue weighted by Gasteiger charge is -2.06. The summed E-state index contributed by atoms with van der Waals surface area (Å²) in [7, 11) is 0. The first kappa shape index (κ1) is 12.8. The molecule has 0 unspecified atom stereocenters. The molecule has 18 heavy (non-hydrogen) atoms. The van der Waals surface area contributed by atoms with Crippen molar-refractivity contribution in [3.05, 3.63) is 70.8 Å². The minimum Gasteiger partial charge on any atom is -0.312 e. The molecule has 0 spiro atoms. The Balaban J connectivity index is 1.73. The van der Waals surface area contributed by atoms with Crippen molar-refractivity contribution >= 4 is 0 Å². The van der Waals surface area contributed by atoms with Crippen LogP contribution in [-0.4, -0.2) is 6.54 Å². The summed E-state index contributed by atoms with van der Waals surface area (Å²) in [6, 6.07) is 17.5. The molecule has 2 aromatic rings. The summed E-state index contributed by atoms with van der Waals surface area (Å²) in [5.74, 6) is 0. The van der Waals surface area contributed by atoms with Crippen LogP contribution in [0.4, 0.5) is 0 Å². The van der Waals surface area contributed by atoms with Crippen LogP contribution < -0.4 is 5.32 Å². The minimum atomic E-state index is 0.951. The number of aryl methyl sites for hydroxylation is 2. The van der Waals surface area contributed by atoms with Gasteiger partial charge in [-0.2, -0.15) is 0 Å². The first-order valence-corrected chi connectivity index (χ1v) is 6.56. The maximum atomic E-state index is 3.48. The van der Waals surface area contributed by atoms with Gasteiger partial charge in [0.25, 0.3) is 0 Å². The molecular weight excluding hydrogens is 218 g/mol. The lowest BCUT2D eigenvalue weighted by molar-refractivity contribution is 0.687. The van der Waals surface area contributed by atoms with E-state index in [0.29, 0.717) is 0 Å². The zero-order chi connectivity index (χ0) is 12.8. The molecule has 2 rings (SSSR count). The Morgan fingerprint density at radius 2 is 1.22 bits per heavy atom. The number of benzene rings is 2. The number of hydrogen-bond acceptors (Lipinski definition) is 1. The molecule has 0 atom stereocenters. The summed E-state index contributed by atoms with van der Waals surface area (Å²) < 4.78 is 0. The lowest BCUT2D eigenvalue weighted by Crippen LogP contribution is -2.16. The van der Waals surface area contributed by atoms with Crippen molar-refractivity contribution < 1.29 is 0 Å². The van der Waals surface area contributed by atoms with Gasteiger partial charge in [0.05, 0.1) is 0 Å². The van der Waals surface area contributed by atoms with Crippen LogP contribution in [0.25, 0.3) is 0 Å². The van der Waals surface area contributed by atoms with Crippen LogP contribution in [0.5, 0.6) is 0 Å². The smallest absolute Gasteiger partial charge is 0.0205 e. The topological polar surface area (TPSA) is 12.0 Å². The maximum absolute atomic E-state index is 3.48. The number of hydrogen-bond donors (Lipinski definition) is 1. The van der Waals surface area contributed by atoms with E-state index in [1.54, 1.807) is 0 Å². The first-order chi connectivity index (χ1) is 8.74. The van der Waals surface area contributed by atoms with E-state index in [2.05, 4.69) is 67.7 Å². The Labute approximate surface area is 110 Å². The van der Waals surface area contributed by atoms with Crippen molar-refractivity contribution in [1.29, 1.82) is 0 Å². The fourth-order valence-corrected chi connectivity index (χ4v) is 1.93. The Hall–Kier alpha value is -1.60. The molecule has 0 bridgehead atoms. The normalized spacial score (nSPS) is 10.6. The molecule has 0 aromatic heterocycles. The average molecular weight is 239 g/mol. The van der Waals surface area contributed by atoms with E-state index in [1.807, 2.05) is 0 Å². The third-order valence-electron chi connectivity index (χ3n) is 3.16. The van der Waals surface area contributed by atoms with Crippen LogP contribution in [-0.2, 0) is 13.0 Å². The Morgan fingerprint density at radius 1 is 0.722 bits per heavy atom. The van der Waals surface area contributed by atoms with Crippen molar-refractivity contribution in [2.75, 3.05) is 6.54 Å². The summed E-state index contributed by atoms with van der Waals surface area (Å²) in [6.07, 6.45) is 1.09. The van der Waals surface area contributed by atoms with E-state index in [4.69, 9.17) is 0 Å². The van der Waals surface area contributed by atoms with Gasteiger partial charge in [-0.1, -0.05) is 59.7 Å². The third kappa shape index (κ3) is 4.01. The van der Waals surface area contributed by atoms with Crippen LogP contribution in [0, 0.1) is 13.8 Å². The van der Waals surface area contributed by atoms with Gasteiger partial charge in [-0.25, -0.2) is 0 Å². The molecule has 0 fully saturated rings. The van der Waals surface area contributed by atoms with Crippen molar-refractivity contribution in [1.82, 2.24) is 5.32 Å². The SMILES string of the molecule is Cc1ccc(CCNCc2ccc(C)cc2)cc1. The molecule has 0 heterocycles. The van der Waals surface area contributed by atoms with Crippen LogP contribution in [0.15, 0.2) is 48.5 Å². The zero-order valence-corrected chi connectivity index (χ0v) is 11.2. The first-order valence-electron chi connectivity index (χ1n) is 6.56. The highest BCUT2D eigenvalue weighted by Crippen LogP contribution is 2.04. The summed E-state index contributed by atoms with van der Waals surface area (Å²) in [6.45, 7) is 6.22. The highest BCUT2D eigenvalue weighted by Gasteiger charge is 1.94. The molecule has 0 amide bonds. The van der Waals surface area contributed by atoms with E-state index in [-0.39, 0.29) is 0 Å². The van der Waals surface area contributed by atoms with Crippen molar-refractivity contribution in [2.24, 2.45) is 0 Å². The average Bonchev–Trinajstić information content (AvgIpc) is 2.39. The monoisotopic (exact) mass is 239 g/mol. The van der Waals surface area contributed by atoms with Gasteiger partial charge in [-0.05, 0) is 37.9 Å². The molecule has 0 aliphatic rings. The van der Waals surface area contributed by atoms with E-state index >= 15 is 0 Å². The zero-order valence-electron chi connectivity index (χ0n) is 11.2. The summed E-state index contributed by atoms with van der Waals surface area (Å²) in [5, 5.41) is 3.48. The molecule has 0 radical (unpaired) electrons. The van der Waals surface area contributed by atoms with Gasteiger partial charge in [0.1, 0.15) is 0 Å². The molecule has 94 valence electrons. The van der Waals surface area contributed by atoms with Crippen molar-refractivity contribution in [2.45, 2.75) is 26.8 Å². The lowest BCUT2D eigenvalue weighted by atomic mass is 10.1. The van der Waals surface area contributed by atoms with E-state index < -0.39 is 0 Å². The summed E-state index contributed by atoms with van der Waals surface area (Å²) in [5.41, 5.74) is 5.39. The molecule has 1 nitrogen and oxygen atoms in total. The molecule has 0 aliphatic carbocycles. The fraction of sp³-hybridized carbons (Fsp3) is 0.294. The quantitative estimate of drug-likeness (QED) is 0.786.